The molecule has 2 rings (SSSR count). The van der Waals surface area contributed by atoms with Gasteiger partial charge in [-0.2, -0.15) is 0 Å². The molecule has 112 valence electrons. The predicted octanol–water partition coefficient (Wildman–Crippen LogP) is -0.833. The van der Waals surface area contributed by atoms with Crippen molar-refractivity contribution in [2.24, 2.45) is 0 Å². The van der Waals surface area contributed by atoms with E-state index in [1.165, 1.54) is 0 Å². The Bertz CT molecular complexity index is 583. The fourth-order valence-electron chi connectivity index (χ4n) is 2.03. The van der Waals surface area contributed by atoms with Crippen LogP contribution in [0.3, 0.4) is 0 Å². The van der Waals surface area contributed by atoms with Crippen LogP contribution in [0.15, 0.2) is 6.20 Å². The van der Waals surface area contributed by atoms with E-state index in [1.54, 1.807) is 11.1 Å². The molecule has 1 fully saturated rings. The maximum atomic E-state index is 12.1. The lowest BCUT2D eigenvalue weighted by atomic mass is 10.2. The highest BCUT2D eigenvalue weighted by Gasteiger charge is 2.30. The van der Waals surface area contributed by atoms with Crippen molar-refractivity contribution in [1.29, 1.82) is 0 Å². The third kappa shape index (κ3) is 3.78. The Morgan fingerprint density at radius 3 is 3.00 bits per heavy atom. The van der Waals surface area contributed by atoms with Gasteiger partial charge in [-0.3, -0.25) is 4.79 Å². The van der Waals surface area contributed by atoms with Crippen molar-refractivity contribution in [2.75, 3.05) is 32.6 Å². The molecular formula is C11H18N4O4S. The van der Waals surface area contributed by atoms with Crippen molar-refractivity contribution < 1.29 is 17.9 Å². The Kier molecular flexibility index (Phi) is 4.41. The Balaban J connectivity index is 2.08. The van der Waals surface area contributed by atoms with Gasteiger partial charge in [0.2, 0.25) is 15.9 Å². The summed E-state index contributed by atoms with van der Waals surface area (Å²) in [6.45, 7) is 2.81. The number of hydrogen-bond donors (Lipinski definition) is 2. The second kappa shape index (κ2) is 5.90. The maximum absolute atomic E-state index is 12.1. The van der Waals surface area contributed by atoms with Gasteiger partial charge >= 0.3 is 0 Å². The summed E-state index contributed by atoms with van der Waals surface area (Å²) in [5, 5.41) is 0. The molecule has 1 aromatic rings. The summed E-state index contributed by atoms with van der Waals surface area (Å²) in [5.74, 6) is 0.354. The summed E-state index contributed by atoms with van der Waals surface area (Å²) in [6.07, 6.45) is 2.70. The molecule has 0 radical (unpaired) electrons. The van der Waals surface area contributed by atoms with Crippen LogP contribution in [0.2, 0.25) is 0 Å². The molecule has 1 aliphatic heterocycles. The van der Waals surface area contributed by atoms with Gasteiger partial charge in [-0.05, 0) is 6.92 Å². The normalized spacial score (nSPS) is 20.1. The smallest absolute Gasteiger partial charge is 0.238 e. The molecule has 2 heterocycles. The Morgan fingerprint density at radius 2 is 2.40 bits per heavy atom. The zero-order valence-electron chi connectivity index (χ0n) is 11.4. The number of hydrogen-bond acceptors (Lipinski definition) is 5. The number of aromatic nitrogens is 2. The predicted molar refractivity (Wildman–Crippen MR) is 71.4 cm³/mol. The topological polar surface area (TPSA) is 104 Å². The summed E-state index contributed by atoms with van der Waals surface area (Å²) in [4.78, 5) is 21.0. The molecule has 8 nitrogen and oxygen atoms in total. The lowest BCUT2D eigenvalue weighted by molar-refractivity contribution is -0.139. The van der Waals surface area contributed by atoms with Crippen molar-refractivity contribution in [2.45, 2.75) is 13.0 Å². The van der Waals surface area contributed by atoms with Gasteiger partial charge < -0.3 is 14.6 Å². The van der Waals surface area contributed by atoms with E-state index in [0.29, 0.717) is 25.6 Å². The summed E-state index contributed by atoms with van der Waals surface area (Å²) >= 11 is 0. The van der Waals surface area contributed by atoms with E-state index >= 15 is 0 Å². The zero-order valence-corrected chi connectivity index (χ0v) is 12.2. The van der Waals surface area contributed by atoms with Crippen molar-refractivity contribution in [3.05, 3.63) is 17.7 Å². The average molecular weight is 302 g/mol. The van der Waals surface area contributed by atoms with Gasteiger partial charge in [-0.15, -0.1) is 0 Å². The molecule has 9 heteroatoms. The van der Waals surface area contributed by atoms with Crippen LogP contribution in [-0.2, 0) is 19.6 Å². The molecular weight excluding hydrogens is 284 g/mol. The Morgan fingerprint density at radius 1 is 1.65 bits per heavy atom. The van der Waals surface area contributed by atoms with Crippen LogP contribution >= 0.6 is 0 Å². The molecule has 2 N–H and O–H groups in total. The second-order valence-corrected chi connectivity index (χ2v) is 6.56. The SMILES string of the molecule is Cc1cnc([C@@H]2COCCN2C(=O)CNS(C)(=O)=O)[nH]1. The van der Waals surface area contributed by atoms with Gasteiger partial charge in [-0.25, -0.2) is 18.1 Å². The van der Waals surface area contributed by atoms with Gasteiger partial charge in [0, 0.05) is 18.4 Å². The number of amides is 1. The number of nitrogens with one attached hydrogen (secondary N) is 2. The molecule has 0 aliphatic carbocycles. The summed E-state index contributed by atoms with van der Waals surface area (Å²) in [7, 11) is -3.39. The third-order valence-corrected chi connectivity index (χ3v) is 3.64. The molecule has 1 aromatic heterocycles. The molecule has 20 heavy (non-hydrogen) atoms. The van der Waals surface area contributed by atoms with Gasteiger partial charge in [0.25, 0.3) is 0 Å². The number of nitrogens with zero attached hydrogens (tertiary/aromatic N) is 2. The van der Waals surface area contributed by atoms with E-state index in [1.807, 2.05) is 6.92 Å². The quantitative estimate of drug-likeness (QED) is 0.755. The number of aryl methyl sites for hydroxylation is 1. The van der Waals surface area contributed by atoms with Gasteiger partial charge in [0.1, 0.15) is 11.9 Å². The average Bonchev–Trinajstić information content (AvgIpc) is 2.82. The van der Waals surface area contributed by atoms with E-state index in [9.17, 15) is 13.2 Å². The van der Waals surface area contributed by atoms with E-state index in [-0.39, 0.29) is 18.5 Å². The first-order valence-electron chi connectivity index (χ1n) is 6.20. The summed E-state index contributed by atoms with van der Waals surface area (Å²) in [6, 6.07) is -0.314. The van der Waals surface area contributed by atoms with Gasteiger partial charge in [-0.1, -0.05) is 0 Å². The highest BCUT2D eigenvalue weighted by Crippen LogP contribution is 2.21. The lowest BCUT2D eigenvalue weighted by Crippen LogP contribution is -2.47. The Labute approximate surface area is 117 Å². The number of rotatable bonds is 4. The number of aromatic amines is 1. The standard InChI is InChI=1S/C11H18N4O4S/c1-8-5-12-11(14-8)9-7-19-4-3-15(9)10(16)6-13-20(2,17)18/h5,9,13H,3-4,6-7H2,1-2H3,(H,12,14)/t9-/m0/s1. The number of ether oxygens (including phenoxy) is 1. The van der Waals surface area contributed by atoms with E-state index in [4.69, 9.17) is 4.74 Å². The fourth-order valence-corrected chi connectivity index (χ4v) is 2.41. The molecule has 1 aliphatic rings. The lowest BCUT2D eigenvalue weighted by Gasteiger charge is -2.34. The molecule has 0 spiro atoms. The van der Waals surface area contributed by atoms with Crippen molar-refractivity contribution >= 4 is 15.9 Å². The van der Waals surface area contributed by atoms with Crippen LogP contribution in [0.4, 0.5) is 0 Å². The first-order valence-corrected chi connectivity index (χ1v) is 8.09. The number of morpholine rings is 1. The number of imidazole rings is 1. The van der Waals surface area contributed by atoms with E-state index < -0.39 is 10.0 Å². The number of H-pyrrole nitrogens is 1. The number of carbonyl (C=O) groups excluding carboxylic acids is 1. The molecule has 0 saturated carbocycles. The van der Waals surface area contributed by atoms with Crippen LogP contribution in [0.5, 0.6) is 0 Å². The molecule has 1 amide bonds. The summed E-state index contributed by atoms with van der Waals surface area (Å²) in [5.41, 5.74) is 0.896. The number of carbonyl (C=O) groups is 1. The van der Waals surface area contributed by atoms with Crippen molar-refractivity contribution in [3.8, 4) is 0 Å². The molecule has 0 aromatic carbocycles. The number of sulfonamides is 1. The monoisotopic (exact) mass is 302 g/mol. The van der Waals surface area contributed by atoms with Crippen LogP contribution in [0.25, 0.3) is 0 Å². The van der Waals surface area contributed by atoms with Gasteiger partial charge in [0.05, 0.1) is 26.0 Å². The second-order valence-electron chi connectivity index (χ2n) is 4.72. The highest BCUT2D eigenvalue weighted by molar-refractivity contribution is 7.88. The molecule has 0 unspecified atom stereocenters. The minimum absolute atomic E-state index is 0.255. The van der Waals surface area contributed by atoms with Gasteiger partial charge in [0.15, 0.2) is 0 Å². The summed E-state index contributed by atoms with van der Waals surface area (Å²) < 4.78 is 29.7. The minimum atomic E-state index is -3.39. The van der Waals surface area contributed by atoms with E-state index in [2.05, 4.69) is 14.7 Å². The van der Waals surface area contributed by atoms with Crippen LogP contribution < -0.4 is 4.72 Å². The zero-order chi connectivity index (χ0) is 14.8. The van der Waals surface area contributed by atoms with Crippen molar-refractivity contribution in [3.63, 3.8) is 0 Å². The largest absolute Gasteiger partial charge is 0.377 e. The molecule has 0 bridgehead atoms. The van der Waals surface area contributed by atoms with Crippen molar-refractivity contribution in [1.82, 2.24) is 19.6 Å². The fraction of sp³-hybridized carbons (Fsp3) is 0.636. The Hall–Kier alpha value is -1.45. The first kappa shape index (κ1) is 14.9. The van der Waals surface area contributed by atoms with E-state index in [0.717, 1.165) is 11.9 Å². The maximum Gasteiger partial charge on any atom is 0.238 e. The highest BCUT2D eigenvalue weighted by atomic mass is 32.2. The minimum Gasteiger partial charge on any atom is -0.377 e. The van der Waals surface area contributed by atoms with Crippen LogP contribution in [-0.4, -0.2) is 61.8 Å². The molecule has 1 atom stereocenters. The third-order valence-electron chi connectivity index (χ3n) is 2.97. The van der Waals surface area contributed by atoms with Crippen LogP contribution in [0, 0.1) is 6.92 Å². The molecule has 1 saturated heterocycles. The van der Waals surface area contributed by atoms with Crippen LogP contribution in [0.1, 0.15) is 17.6 Å². The first-order chi connectivity index (χ1) is 9.37.